The average molecular weight is 1170 g/mol. The number of hydrogen-bond donors (Lipinski definition) is 2. The first-order valence-corrected chi connectivity index (χ1v) is 35.9. The number of phosphoric acid groups is 1. The number of esters is 1. The van der Waals surface area contributed by atoms with Crippen molar-refractivity contribution < 1.29 is 37.3 Å². The number of hydrogen-bond acceptors (Lipinski definition) is 6. The van der Waals surface area contributed by atoms with Gasteiger partial charge in [-0.1, -0.05) is 273 Å². The number of nitrogens with zero attached hydrogens (tertiary/aromatic N) is 1. The number of ether oxygens (including phenoxy) is 1. The zero-order valence-corrected chi connectivity index (χ0v) is 55.4. The maximum absolute atomic E-state index is 13.6. The lowest BCUT2D eigenvalue weighted by atomic mass is 10.0. The summed E-state index contributed by atoms with van der Waals surface area (Å²) in [4.78, 5) is 37.9. The quantitative estimate of drug-likeness (QED) is 0.0205. The molecule has 0 saturated carbocycles. The van der Waals surface area contributed by atoms with Crippen LogP contribution in [0.15, 0.2) is 85.1 Å². The SMILES string of the molecule is CCCCC/C=C\C/C=C\C/C=C\C/C=C\CCCCCCCCCCCC(=O)OC(/C=C\CCCCCCCCCCCC)C(COP(=O)(O)OCC[N+](C)(C)C)NC(=O)CCCCCCCCCCC/C=C\C/C=C\CCCCC. The van der Waals surface area contributed by atoms with Gasteiger partial charge in [0.1, 0.15) is 19.3 Å². The number of rotatable bonds is 62. The van der Waals surface area contributed by atoms with Crippen LogP contribution in [0.25, 0.3) is 0 Å². The molecule has 0 fully saturated rings. The number of unbranched alkanes of at least 4 members (excludes halogenated alkanes) is 34. The predicted octanol–water partition coefficient (Wildman–Crippen LogP) is 21.7. The minimum Gasteiger partial charge on any atom is -0.456 e. The molecule has 2 N–H and O–H groups in total. The summed E-state index contributed by atoms with van der Waals surface area (Å²) < 4.78 is 30.8. The molecule has 0 aliphatic heterocycles. The molecule has 476 valence electrons. The summed E-state index contributed by atoms with van der Waals surface area (Å²) in [6.07, 6.45) is 81.5. The number of likely N-dealkylation sites (N-methyl/N-ethyl adjacent to an activating group) is 1. The van der Waals surface area contributed by atoms with E-state index < -0.39 is 20.0 Å². The van der Waals surface area contributed by atoms with Gasteiger partial charge in [-0.25, -0.2) is 4.57 Å². The maximum atomic E-state index is 13.6. The van der Waals surface area contributed by atoms with Gasteiger partial charge < -0.3 is 19.4 Å². The van der Waals surface area contributed by atoms with E-state index in [0.29, 0.717) is 17.4 Å². The van der Waals surface area contributed by atoms with Crippen molar-refractivity contribution in [2.24, 2.45) is 0 Å². The van der Waals surface area contributed by atoms with Crippen LogP contribution in [0.2, 0.25) is 0 Å². The Hall–Kier alpha value is -2.81. The molecule has 0 heterocycles. The van der Waals surface area contributed by atoms with E-state index in [0.717, 1.165) is 103 Å². The lowest BCUT2D eigenvalue weighted by Crippen LogP contribution is -2.47. The van der Waals surface area contributed by atoms with Gasteiger partial charge in [0.05, 0.1) is 33.8 Å². The minimum absolute atomic E-state index is 0.0357. The normalized spacial score (nSPS) is 14.1. The van der Waals surface area contributed by atoms with Crippen LogP contribution >= 0.6 is 7.82 Å². The molecule has 3 atom stereocenters. The highest BCUT2D eigenvalue weighted by Crippen LogP contribution is 2.43. The highest BCUT2D eigenvalue weighted by Gasteiger charge is 2.30. The number of amides is 1. The third kappa shape index (κ3) is 61.7. The smallest absolute Gasteiger partial charge is 0.456 e. The Morgan fingerprint density at radius 2 is 0.744 bits per heavy atom. The molecule has 0 aromatic carbocycles. The highest BCUT2D eigenvalue weighted by atomic mass is 31.2. The monoisotopic (exact) mass is 1170 g/mol. The summed E-state index contributed by atoms with van der Waals surface area (Å²) in [6.45, 7) is 6.97. The number of quaternary nitrogens is 1. The fourth-order valence-electron chi connectivity index (χ4n) is 9.72. The van der Waals surface area contributed by atoms with Crippen molar-refractivity contribution in [2.75, 3.05) is 40.9 Å². The summed E-state index contributed by atoms with van der Waals surface area (Å²) in [5.41, 5.74) is 0. The lowest BCUT2D eigenvalue weighted by Gasteiger charge is -2.27. The van der Waals surface area contributed by atoms with E-state index in [1.807, 2.05) is 33.3 Å². The first kappa shape index (κ1) is 79.2. The summed E-state index contributed by atoms with van der Waals surface area (Å²) in [7, 11) is 1.49. The minimum atomic E-state index is -4.46. The van der Waals surface area contributed by atoms with Crippen LogP contribution in [0.4, 0.5) is 0 Å². The summed E-state index contributed by atoms with van der Waals surface area (Å²) in [5, 5.41) is 3.06. The van der Waals surface area contributed by atoms with Gasteiger partial charge in [-0.15, -0.1) is 0 Å². The molecular formula is C72H132N2O7P+. The van der Waals surface area contributed by atoms with Crippen LogP contribution in [0.1, 0.15) is 310 Å². The van der Waals surface area contributed by atoms with Crippen molar-refractivity contribution in [3.05, 3.63) is 85.1 Å². The predicted molar refractivity (Wildman–Crippen MR) is 355 cm³/mol. The molecule has 82 heavy (non-hydrogen) atoms. The second-order valence-electron chi connectivity index (χ2n) is 24.3. The van der Waals surface area contributed by atoms with Crippen molar-refractivity contribution in [3.8, 4) is 0 Å². The molecule has 0 rings (SSSR count). The van der Waals surface area contributed by atoms with Crippen molar-refractivity contribution in [3.63, 3.8) is 0 Å². The molecule has 0 bridgehead atoms. The highest BCUT2D eigenvalue weighted by molar-refractivity contribution is 7.47. The van der Waals surface area contributed by atoms with Crippen LogP contribution < -0.4 is 5.32 Å². The number of allylic oxidation sites excluding steroid dienone is 13. The van der Waals surface area contributed by atoms with Gasteiger partial charge in [0.25, 0.3) is 0 Å². The van der Waals surface area contributed by atoms with Crippen LogP contribution in [-0.4, -0.2) is 74.3 Å². The van der Waals surface area contributed by atoms with Crippen molar-refractivity contribution in [2.45, 2.75) is 322 Å². The second kappa shape index (κ2) is 61.3. The van der Waals surface area contributed by atoms with Crippen molar-refractivity contribution >= 4 is 19.7 Å². The molecule has 0 spiro atoms. The van der Waals surface area contributed by atoms with Gasteiger partial charge in [0.2, 0.25) is 5.91 Å². The van der Waals surface area contributed by atoms with E-state index in [9.17, 15) is 19.0 Å². The third-order valence-corrected chi connectivity index (χ3v) is 16.0. The van der Waals surface area contributed by atoms with E-state index in [2.05, 4.69) is 99.0 Å². The number of nitrogens with one attached hydrogen (secondary N) is 1. The number of phosphoric ester groups is 1. The second-order valence-corrected chi connectivity index (χ2v) is 25.8. The van der Waals surface area contributed by atoms with E-state index >= 15 is 0 Å². The Bertz CT molecular complexity index is 1680. The summed E-state index contributed by atoms with van der Waals surface area (Å²) in [5.74, 6) is -0.512. The molecule has 0 aliphatic rings. The molecule has 9 nitrogen and oxygen atoms in total. The molecular weight excluding hydrogens is 1040 g/mol. The zero-order chi connectivity index (χ0) is 60.0. The third-order valence-electron chi connectivity index (χ3n) is 15.1. The zero-order valence-electron chi connectivity index (χ0n) is 54.5. The Morgan fingerprint density at radius 1 is 0.427 bits per heavy atom. The molecule has 10 heteroatoms. The number of carbonyl (C=O) groups is 2. The van der Waals surface area contributed by atoms with Crippen LogP contribution in [0.3, 0.4) is 0 Å². The number of carbonyl (C=O) groups excluding carboxylic acids is 2. The van der Waals surface area contributed by atoms with E-state index in [-0.39, 0.29) is 31.5 Å². The van der Waals surface area contributed by atoms with Crippen molar-refractivity contribution in [1.82, 2.24) is 5.32 Å². The Balaban J connectivity index is 5.13. The Morgan fingerprint density at radius 3 is 1.13 bits per heavy atom. The first-order valence-electron chi connectivity index (χ1n) is 34.4. The summed E-state index contributed by atoms with van der Waals surface area (Å²) >= 11 is 0. The Labute approximate surface area is 507 Å². The van der Waals surface area contributed by atoms with Gasteiger partial charge in [-0.3, -0.25) is 18.6 Å². The molecule has 0 aromatic heterocycles. The van der Waals surface area contributed by atoms with Crippen LogP contribution in [0.5, 0.6) is 0 Å². The van der Waals surface area contributed by atoms with E-state index in [1.54, 1.807) is 0 Å². The molecule has 0 aromatic rings. The molecule has 0 aliphatic carbocycles. The Kier molecular flexibility index (Phi) is 59.2. The van der Waals surface area contributed by atoms with Gasteiger partial charge >= 0.3 is 13.8 Å². The summed E-state index contributed by atoms with van der Waals surface area (Å²) in [6, 6.07) is -0.857. The van der Waals surface area contributed by atoms with Gasteiger partial charge in [-0.05, 0) is 109 Å². The van der Waals surface area contributed by atoms with E-state index in [4.69, 9.17) is 13.8 Å². The molecule has 1 amide bonds. The van der Waals surface area contributed by atoms with Gasteiger partial charge in [-0.2, -0.15) is 0 Å². The topological polar surface area (TPSA) is 111 Å². The lowest BCUT2D eigenvalue weighted by molar-refractivity contribution is -0.870. The van der Waals surface area contributed by atoms with Gasteiger partial charge in [0.15, 0.2) is 0 Å². The fourth-order valence-corrected chi connectivity index (χ4v) is 10.5. The van der Waals surface area contributed by atoms with Crippen LogP contribution in [0, 0.1) is 0 Å². The average Bonchev–Trinajstić information content (AvgIpc) is 3.44. The molecule has 0 radical (unpaired) electrons. The fraction of sp³-hybridized carbons (Fsp3) is 0.778. The van der Waals surface area contributed by atoms with Crippen molar-refractivity contribution in [1.29, 1.82) is 0 Å². The largest absolute Gasteiger partial charge is 0.472 e. The first-order chi connectivity index (χ1) is 39.9. The maximum Gasteiger partial charge on any atom is 0.472 e. The standard InChI is InChI=1S/C72H131N2O7P/c1-7-10-13-16-19-22-25-28-30-32-34-35-36-37-38-39-41-43-45-47-50-53-56-59-62-65-72(76)81-70(63-60-57-54-51-48-27-24-21-18-15-12-9-3)69(68-80-82(77,78)79-67-66-74(4,5)6)73-71(75)64-61-58-55-52-49-46-44-42-40-33-31-29-26-23-20-17-14-11-8-2/h19-20,22-23,28-31,34-35,37-38,60,63,69-70H,7-18,21,24-27,32-33,36,39-59,61-62,64-68H2,1-6H3,(H-,73,75,77,78)/p+1/b22-19-,23-20-,30-28-,31-29-,35-34-,38-37-,63-60-. The molecule has 0 saturated heterocycles. The van der Waals surface area contributed by atoms with E-state index in [1.165, 1.54) is 173 Å². The van der Waals surface area contributed by atoms with Gasteiger partial charge in [0, 0.05) is 12.8 Å². The van der Waals surface area contributed by atoms with Crippen LogP contribution in [-0.2, 0) is 27.9 Å². The molecule has 3 unspecified atom stereocenters.